The highest BCUT2D eigenvalue weighted by atomic mass is 35.5. The van der Waals surface area contributed by atoms with Gasteiger partial charge in [0.1, 0.15) is 11.9 Å². The molecule has 3 N–H and O–H groups in total. The van der Waals surface area contributed by atoms with E-state index in [-0.39, 0.29) is 17.8 Å². The normalized spacial score (nSPS) is 23.6. The van der Waals surface area contributed by atoms with Crippen molar-refractivity contribution in [3.8, 4) is 5.75 Å². The van der Waals surface area contributed by atoms with Gasteiger partial charge in [0.05, 0.1) is 11.7 Å². The van der Waals surface area contributed by atoms with E-state index in [0.29, 0.717) is 17.2 Å². The van der Waals surface area contributed by atoms with Gasteiger partial charge in [-0.2, -0.15) is 0 Å². The number of primary amides is 1. The summed E-state index contributed by atoms with van der Waals surface area (Å²) in [7, 11) is 0. The fourth-order valence-electron chi connectivity index (χ4n) is 2.00. The van der Waals surface area contributed by atoms with Crippen molar-refractivity contribution in [3.63, 3.8) is 0 Å². The molecular weight excluding hydrogens is 242 g/mol. The lowest BCUT2D eigenvalue weighted by atomic mass is 10.2. The van der Waals surface area contributed by atoms with Crippen LogP contribution in [-0.4, -0.2) is 23.2 Å². The van der Waals surface area contributed by atoms with Crippen molar-refractivity contribution >= 4 is 17.5 Å². The van der Waals surface area contributed by atoms with Crippen LogP contribution in [0.2, 0.25) is 5.02 Å². The second-order valence-corrected chi connectivity index (χ2v) is 4.65. The molecule has 17 heavy (non-hydrogen) atoms. The zero-order valence-corrected chi connectivity index (χ0v) is 9.98. The van der Waals surface area contributed by atoms with Crippen LogP contribution in [0.15, 0.2) is 18.2 Å². The topological polar surface area (TPSA) is 72.6 Å². The Morgan fingerprint density at radius 2 is 2.24 bits per heavy atom. The Balaban J connectivity index is 2.17. The predicted molar refractivity (Wildman–Crippen MR) is 64.2 cm³/mol. The third-order valence-electron chi connectivity index (χ3n) is 2.86. The van der Waals surface area contributed by atoms with Crippen LogP contribution in [0.3, 0.4) is 0 Å². The number of aliphatic hydroxyl groups is 1. The monoisotopic (exact) mass is 255 g/mol. The molecule has 2 rings (SSSR count). The van der Waals surface area contributed by atoms with Crippen LogP contribution in [0.4, 0.5) is 0 Å². The number of hydrogen-bond donors (Lipinski definition) is 2. The number of carbonyl (C=O) groups excluding carboxylic acids is 1. The minimum absolute atomic E-state index is 0.0655. The molecule has 1 aliphatic rings. The third-order valence-corrected chi connectivity index (χ3v) is 3.09. The fourth-order valence-corrected chi connectivity index (χ4v) is 2.17. The first-order valence-electron chi connectivity index (χ1n) is 5.50. The molecule has 2 atom stereocenters. The Morgan fingerprint density at radius 3 is 2.82 bits per heavy atom. The van der Waals surface area contributed by atoms with Crippen LogP contribution in [0.5, 0.6) is 5.75 Å². The van der Waals surface area contributed by atoms with Crippen molar-refractivity contribution in [1.29, 1.82) is 0 Å². The first kappa shape index (κ1) is 12.2. The molecule has 0 aliphatic heterocycles. The minimum atomic E-state index is -0.568. The number of halogens is 1. The highest BCUT2D eigenvalue weighted by Gasteiger charge is 2.25. The van der Waals surface area contributed by atoms with Crippen LogP contribution >= 0.6 is 11.6 Å². The lowest BCUT2D eigenvalue weighted by molar-refractivity contribution is 0.0992. The van der Waals surface area contributed by atoms with Gasteiger partial charge in [0.15, 0.2) is 0 Å². The molecule has 2 unspecified atom stereocenters. The molecular formula is C12H14ClNO3. The van der Waals surface area contributed by atoms with Gasteiger partial charge in [-0.15, -0.1) is 0 Å². The number of amides is 1. The van der Waals surface area contributed by atoms with Gasteiger partial charge in [0.2, 0.25) is 0 Å². The summed E-state index contributed by atoms with van der Waals surface area (Å²) < 4.78 is 5.67. The van der Waals surface area contributed by atoms with E-state index in [4.69, 9.17) is 22.1 Å². The number of benzene rings is 1. The Labute approximate surface area is 104 Å². The smallest absolute Gasteiger partial charge is 0.252 e. The first-order valence-corrected chi connectivity index (χ1v) is 5.88. The van der Waals surface area contributed by atoms with E-state index in [1.54, 1.807) is 12.1 Å². The van der Waals surface area contributed by atoms with Gasteiger partial charge in [-0.05, 0) is 31.0 Å². The maximum atomic E-state index is 11.2. The van der Waals surface area contributed by atoms with Crippen molar-refractivity contribution in [3.05, 3.63) is 28.8 Å². The summed E-state index contributed by atoms with van der Waals surface area (Å²) in [5, 5.41) is 9.85. The van der Waals surface area contributed by atoms with E-state index in [9.17, 15) is 9.90 Å². The third kappa shape index (κ3) is 2.90. The molecule has 0 aromatic heterocycles. The van der Waals surface area contributed by atoms with Crippen LogP contribution in [0.1, 0.15) is 29.6 Å². The standard InChI is InChI=1S/C12H14ClNO3/c13-7-1-4-11(10(5-7)12(14)16)17-9-3-2-8(15)6-9/h1,4-5,8-9,15H,2-3,6H2,(H2,14,16). The van der Waals surface area contributed by atoms with Gasteiger partial charge in [-0.3, -0.25) is 4.79 Å². The molecule has 4 nitrogen and oxygen atoms in total. The fraction of sp³-hybridized carbons (Fsp3) is 0.417. The van der Waals surface area contributed by atoms with Crippen molar-refractivity contribution < 1.29 is 14.6 Å². The van der Waals surface area contributed by atoms with Gasteiger partial charge >= 0.3 is 0 Å². The average molecular weight is 256 g/mol. The zero-order chi connectivity index (χ0) is 12.4. The summed E-state index contributed by atoms with van der Waals surface area (Å²) in [6, 6.07) is 4.77. The van der Waals surface area contributed by atoms with E-state index >= 15 is 0 Å². The summed E-state index contributed by atoms with van der Waals surface area (Å²) in [6.45, 7) is 0. The maximum absolute atomic E-state index is 11.2. The lowest BCUT2D eigenvalue weighted by Gasteiger charge is -2.15. The molecule has 1 amide bonds. The second-order valence-electron chi connectivity index (χ2n) is 4.21. The maximum Gasteiger partial charge on any atom is 0.252 e. The van der Waals surface area contributed by atoms with Crippen molar-refractivity contribution in [2.75, 3.05) is 0 Å². The van der Waals surface area contributed by atoms with E-state index < -0.39 is 5.91 Å². The van der Waals surface area contributed by atoms with E-state index in [0.717, 1.165) is 12.8 Å². The second kappa shape index (κ2) is 4.94. The molecule has 1 aromatic rings. The number of ether oxygens (including phenoxy) is 1. The van der Waals surface area contributed by atoms with Crippen LogP contribution in [0, 0.1) is 0 Å². The quantitative estimate of drug-likeness (QED) is 0.864. The molecule has 0 bridgehead atoms. The highest BCUT2D eigenvalue weighted by Crippen LogP contribution is 2.28. The highest BCUT2D eigenvalue weighted by molar-refractivity contribution is 6.31. The molecule has 1 fully saturated rings. The van der Waals surface area contributed by atoms with Crippen LogP contribution < -0.4 is 10.5 Å². The summed E-state index contributed by atoms with van der Waals surface area (Å²) in [5.74, 6) is -0.137. The van der Waals surface area contributed by atoms with Crippen molar-refractivity contribution in [2.24, 2.45) is 5.73 Å². The minimum Gasteiger partial charge on any atom is -0.489 e. The predicted octanol–water partition coefficient (Wildman–Crippen LogP) is 1.73. The molecule has 1 saturated carbocycles. The Morgan fingerprint density at radius 1 is 1.47 bits per heavy atom. The van der Waals surface area contributed by atoms with Crippen LogP contribution in [0.25, 0.3) is 0 Å². The Kier molecular flexibility index (Phi) is 3.54. The van der Waals surface area contributed by atoms with Crippen LogP contribution in [-0.2, 0) is 0 Å². The largest absolute Gasteiger partial charge is 0.489 e. The van der Waals surface area contributed by atoms with E-state index in [1.165, 1.54) is 6.07 Å². The van der Waals surface area contributed by atoms with Crippen molar-refractivity contribution in [2.45, 2.75) is 31.5 Å². The number of aliphatic hydroxyl groups excluding tert-OH is 1. The lowest BCUT2D eigenvalue weighted by Crippen LogP contribution is -2.18. The number of nitrogens with two attached hydrogens (primary N) is 1. The summed E-state index contributed by atoms with van der Waals surface area (Å²) in [5.41, 5.74) is 5.53. The summed E-state index contributed by atoms with van der Waals surface area (Å²) >= 11 is 5.80. The molecule has 1 aliphatic carbocycles. The van der Waals surface area contributed by atoms with Gasteiger partial charge in [0.25, 0.3) is 5.91 Å². The molecule has 0 radical (unpaired) electrons. The number of carbonyl (C=O) groups is 1. The van der Waals surface area contributed by atoms with Gasteiger partial charge in [-0.1, -0.05) is 11.6 Å². The van der Waals surface area contributed by atoms with E-state index in [2.05, 4.69) is 0 Å². The molecule has 1 aromatic carbocycles. The summed E-state index contributed by atoms with van der Waals surface area (Å²) in [6.07, 6.45) is 1.71. The SMILES string of the molecule is NC(=O)c1cc(Cl)ccc1OC1CCC(O)C1. The number of hydrogen-bond acceptors (Lipinski definition) is 3. The Hall–Kier alpha value is -1.26. The van der Waals surface area contributed by atoms with Gasteiger partial charge in [0, 0.05) is 11.4 Å². The molecule has 92 valence electrons. The first-order chi connectivity index (χ1) is 8.06. The number of rotatable bonds is 3. The molecule has 0 spiro atoms. The van der Waals surface area contributed by atoms with E-state index in [1.807, 2.05) is 0 Å². The Bertz CT molecular complexity index is 436. The molecule has 0 heterocycles. The zero-order valence-electron chi connectivity index (χ0n) is 9.23. The molecule has 5 heteroatoms. The van der Waals surface area contributed by atoms with Gasteiger partial charge in [-0.25, -0.2) is 0 Å². The summed E-state index contributed by atoms with van der Waals surface area (Å²) in [4.78, 5) is 11.2. The van der Waals surface area contributed by atoms with Gasteiger partial charge < -0.3 is 15.6 Å². The van der Waals surface area contributed by atoms with Crippen molar-refractivity contribution in [1.82, 2.24) is 0 Å². The average Bonchev–Trinajstić information content (AvgIpc) is 2.66. The molecule has 0 saturated heterocycles.